The van der Waals surface area contributed by atoms with Crippen molar-refractivity contribution in [3.8, 4) is 0 Å². The molecule has 0 spiro atoms. The van der Waals surface area contributed by atoms with Crippen LogP contribution in [0.15, 0.2) is 29.4 Å². The van der Waals surface area contributed by atoms with Gasteiger partial charge in [0.1, 0.15) is 0 Å². The number of hydrazone groups is 1. The van der Waals surface area contributed by atoms with Crippen LogP contribution in [0, 0.1) is 10.1 Å². The fourth-order valence-corrected chi connectivity index (χ4v) is 1.61. The molecule has 0 bridgehead atoms. The monoisotopic (exact) mass is 285 g/mol. The molecule has 1 rings (SSSR count). The van der Waals surface area contributed by atoms with Gasteiger partial charge in [0, 0.05) is 31.6 Å². The van der Waals surface area contributed by atoms with Gasteiger partial charge in [0.15, 0.2) is 0 Å². The summed E-state index contributed by atoms with van der Waals surface area (Å²) in [4.78, 5) is 10.1. The molecule has 16 heavy (non-hydrogen) atoms. The van der Waals surface area contributed by atoms with Crippen LogP contribution in [-0.2, 0) is 0 Å². The molecule has 86 valence electrons. The van der Waals surface area contributed by atoms with E-state index in [4.69, 9.17) is 0 Å². The topological polar surface area (TPSA) is 58.7 Å². The summed E-state index contributed by atoms with van der Waals surface area (Å²) in [5, 5.41) is 17.1. The zero-order valence-corrected chi connectivity index (χ0v) is 10.6. The number of hydrogen-bond acceptors (Lipinski definition) is 4. The van der Waals surface area contributed by atoms with E-state index in [2.05, 4.69) is 21.0 Å². The Morgan fingerprint density at radius 2 is 2.00 bits per heavy atom. The lowest BCUT2D eigenvalue weighted by atomic mass is 10.1. The molecule has 6 heteroatoms. The van der Waals surface area contributed by atoms with Crippen molar-refractivity contribution in [3.05, 3.63) is 39.9 Å². The van der Waals surface area contributed by atoms with Crippen molar-refractivity contribution < 1.29 is 4.92 Å². The molecule has 0 radical (unpaired) electrons. The molecule has 0 aliphatic heterocycles. The third kappa shape index (κ3) is 3.30. The standard InChI is InChI=1S/C10H12BrN3O2/c1-13(2)12-10(7-11)8-3-5-9(6-4-8)14(15)16/h3-6H,7H2,1-2H3/b12-10-. The van der Waals surface area contributed by atoms with Gasteiger partial charge in [0.25, 0.3) is 5.69 Å². The first-order chi connectivity index (χ1) is 7.54. The molecule has 0 amide bonds. The Kier molecular flexibility index (Phi) is 4.42. The summed E-state index contributed by atoms with van der Waals surface area (Å²) < 4.78 is 0. The SMILES string of the molecule is CN(C)/N=C(/CBr)c1ccc([N+](=O)[O-])cc1. The molecule has 0 aliphatic rings. The van der Waals surface area contributed by atoms with E-state index in [-0.39, 0.29) is 5.69 Å². The van der Waals surface area contributed by atoms with Gasteiger partial charge in [-0.15, -0.1) is 0 Å². The van der Waals surface area contributed by atoms with E-state index in [0.29, 0.717) is 5.33 Å². The molecule has 0 unspecified atom stereocenters. The van der Waals surface area contributed by atoms with E-state index in [1.54, 1.807) is 17.1 Å². The minimum atomic E-state index is -0.416. The highest BCUT2D eigenvalue weighted by molar-refractivity contribution is 9.09. The minimum Gasteiger partial charge on any atom is -0.303 e. The molecule has 0 saturated heterocycles. The quantitative estimate of drug-likeness (QED) is 0.369. The summed E-state index contributed by atoms with van der Waals surface area (Å²) in [7, 11) is 3.65. The largest absolute Gasteiger partial charge is 0.303 e. The summed E-state index contributed by atoms with van der Waals surface area (Å²) in [6.45, 7) is 0. The number of alkyl halides is 1. The molecule has 0 saturated carbocycles. The van der Waals surface area contributed by atoms with Crippen LogP contribution in [0.3, 0.4) is 0 Å². The summed E-state index contributed by atoms with van der Waals surface area (Å²) in [6.07, 6.45) is 0. The third-order valence-corrected chi connectivity index (χ3v) is 2.39. The number of hydrogen-bond donors (Lipinski definition) is 0. The summed E-state index contributed by atoms with van der Waals surface area (Å²) in [6, 6.07) is 6.34. The van der Waals surface area contributed by atoms with E-state index < -0.39 is 4.92 Å². The normalized spacial score (nSPS) is 11.3. The average Bonchev–Trinajstić information content (AvgIpc) is 2.25. The lowest BCUT2D eigenvalue weighted by Crippen LogP contribution is -2.11. The van der Waals surface area contributed by atoms with Crippen molar-refractivity contribution in [3.63, 3.8) is 0 Å². The Labute approximate surface area is 102 Å². The maximum atomic E-state index is 10.5. The highest BCUT2D eigenvalue weighted by Gasteiger charge is 2.07. The van der Waals surface area contributed by atoms with Crippen LogP contribution < -0.4 is 0 Å². The second kappa shape index (κ2) is 5.60. The predicted octanol–water partition coefficient (Wildman–Crippen LogP) is 2.26. The van der Waals surface area contributed by atoms with Crippen molar-refractivity contribution >= 4 is 27.3 Å². The highest BCUT2D eigenvalue weighted by Crippen LogP contribution is 2.13. The van der Waals surface area contributed by atoms with Crippen molar-refractivity contribution in [2.24, 2.45) is 5.10 Å². The number of nitro groups is 1. The zero-order valence-electron chi connectivity index (χ0n) is 9.05. The van der Waals surface area contributed by atoms with E-state index >= 15 is 0 Å². The zero-order chi connectivity index (χ0) is 12.1. The Bertz CT molecular complexity index is 401. The Morgan fingerprint density at radius 1 is 1.44 bits per heavy atom. The molecule has 0 heterocycles. The molecular weight excluding hydrogens is 274 g/mol. The lowest BCUT2D eigenvalue weighted by Gasteiger charge is -2.08. The molecule has 0 N–H and O–H groups in total. The van der Waals surface area contributed by atoms with E-state index in [1.807, 2.05) is 14.1 Å². The van der Waals surface area contributed by atoms with Gasteiger partial charge in [-0.3, -0.25) is 10.1 Å². The number of nitro benzene ring substituents is 1. The number of benzene rings is 1. The molecule has 0 atom stereocenters. The van der Waals surface area contributed by atoms with E-state index in [0.717, 1.165) is 11.3 Å². The summed E-state index contributed by atoms with van der Waals surface area (Å²) in [5.41, 5.74) is 1.79. The number of non-ortho nitro benzene ring substituents is 1. The predicted molar refractivity (Wildman–Crippen MR) is 67.1 cm³/mol. The maximum Gasteiger partial charge on any atom is 0.269 e. The van der Waals surface area contributed by atoms with Gasteiger partial charge in [-0.05, 0) is 17.7 Å². The van der Waals surface area contributed by atoms with Crippen molar-refractivity contribution in [2.75, 3.05) is 19.4 Å². The first kappa shape index (κ1) is 12.6. The van der Waals surface area contributed by atoms with Gasteiger partial charge in [0.2, 0.25) is 0 Å². The Hall–Kier alpha value is -1.43. The summed E-state index contributed by atoms with van der Waals surface area (Å²) >= 11 is 3.34. The molecule has 1 aromatic rings. The van der Waals surface area contributed by atoms with Gasteiger partial charge in [-0.2, -0.15) is 5.10 Å². The van der Waals surface area contributed by atoms with Crippen LogP contribution in [0.4, 0.5) is 5.69 Å². The summed E-state index contributed by atoms with van der Waals surface area (Å²) in [5.74, 6) is 0. The van der Waals surface area contributed by atoms with E-state index in [1.165, 1.54) is 12.1 Å². The number of halogens is 1. The van der Waals surface area contributed by atoms with Crippen LogP contribution in [0.1, 0.15) is 5.56 Å². The smallest absolute Gasteiger partial charge is 0.269 e. The fourth-order valence-electron chi connectivity index (χ4n) is 1.18. The van der Waals surface area contributed by atoms with Gasteiger partial charge >= 0.3 is 0 Å². The van der Waals surface area contributed by atoms with Crippen molar-refractivity contribution in [2.45, 2.75) is 0 Å². The molecular formula is C10H12BrN3O2. The van der Waals surface area contributed by atoms with Crippen molar-refractivity contribution in [1.82, 2.24) is 5.01 Å². The Morgan fingerprint density at radius 3 is 2.38 bits per heavy atom. The minimum absolute atomic E-state index is 0.0857. The lowest BCUT2D eigenvalue weighted by molar-refractivity contribution is -0.384. The number of rotatable bonds is 4. The first-order valence-corrected chi connectivity index (χ1v) is 5.72. The number of nitrogens with zero attached hydrogens (tertiary/aromatic N) is 3. The second-order valence-corrected chi connectivity index (χ2v) is 3.89. The van der Waals surface area contributed by atoms with Gasteiger partial charge in [0.05, 0.1) is 10.6 Å². The first-order valence-electron chi connectivity index (χ1n) is 4.60. The molecule has 0 aromatic heterocycles. The molecule has 0 aliphatic carbocycles. The van der Waals surface area contributed by atoms with Gasteiger partial charge < -0.3 is 5.01 Å². The van der Waals surface area contributed by atoms with E-state index in [9.17, 15) is 10.1 Å². The third-order valence-electron chi connectivity index (χ3n) is 1.86. The molecule has 0 fully saturated rings. The molecule has 5 nitrogen and oxygen atoms in total. The van der Waals surface area contributed by atoms with Crippen LogP contribution in [0.25, 0.3) is 0 Å². The second-order valence-electron chi connectivity index (χ2n) is 3.33. The Balaban J connectivity index is 3.00. The van der Waals surface area contributed by atoms with Gasteiger partial charge in [-0.1, -0.05) is 15.9 Å². The average molecular weight is 286 g/mol. The van der Waals surface area contributed by atoms with Crippen LogP contribution >= 0.6 is 15.9 Å². The highest BCUT2D eigenvalue weighted by atomic mass is 79.9. The van der Waals surface area contributed by atoms with Crippen LogP contribution in [-0.4, -0.2) is 35.1 Å². The maximum absolute atomic E-state index is 10.5. The molecule has 1 aromatic carbocycles. The fraction of sp³-hybridized carbons (Fsp3) is 0.300. The van der Waals surface area contributed by atoms with Crippen molar-refractivity contribution in [1.29, 1.82) is 0 Å². The van der Waals surface area contributed by atoms with Crippen LogP contribution in [0.2, 0.25) is 0 Å². The van der Waals surface area contributed by atoms with Crippen LogP contribution in [0.5, 0.6) is 0 Å². The van der Waals surface area contributed by atoms with Gasteiger partial charge in [-0.25, -0.2) is 0 Å².